The van der Waals surface area contributed by atoms with Crippen molar-refractivity contribution in [1.82, 2.24) is 10.4 Å². The van der Waals surface area contributed by atoms with Gasteiger partial charge in [0.05, 0.1) is 6.61 Å². The number of hydrazine groups is 1. The lowest BCUT2D eigenvalue weighted by atomic mass is 10.2. The van der Waals surface area contributed by atoms with E-state index in [2.05, 4.69) is 22.6 Å². The van der Waals surface area contributed by atoms with Crippen LogP contribution in [0, 0.1) is 0 Å². The van der Waals surface area contributed by atoms with Crippen LogP contribution in [0.3, 0.4) is 0 Å². The molecule has 1 aliphatic rings. The third-order valence-electron chi connectivity index (χ3n) is 2.84. The normalized spacial score (nSPS) is 17.8. The number of hydrogen-bond donors (Lipinski definition) is 1. The lowest BCUT2D eigenvalue weighted by molar-refractivity contribution is 0.152. The van der Waals surface area contributed by atoms with E-state index in [-0.39, 0.29) is 0 Å². The van der Waals surface area contributed by atoms with E-state index in [0.29, 0.717) is 0 Å². The van der Waals surface area contributed by atoms with E-state index in [4.69, 9.17) is 4.74 Å². The Morgan fingerprint density at radius 1 is 1.25 bits per heavy atom. The van der Waals surface area contributed by atoms with Crippen molar-refractivity contribution in [3.63, 3.8) is 0 Å². The highest BCUT2D eigenvalue weighted by Gasteiger charge is 2.09. The largest absolute Gasteiger partial charge is 0.379 e. The van der Waals surface area contributed by atoms with Crippen LogP contribution in [0.4, 0.5) is 0 Å². The summed E-state index contributed by atoms with van der Waals surface area (Å²) >= 11 is 1.83. The number of hydrogen-bond acceptors (Lipinski definition) is 4. The van der Waals surface area contributed by atoms with Gasteiger partial charge in [-0.3, -0.25) is 0 Å². The van der Waals surface area contributed by atoms with Crippen molar-refractivity contribution >= 4 is 11.3 Å². The third kappa shape index (κ3) is 3.56. The highest BCUT2D eigenvalue weighted by Crippen LogP contribution is 2.17. The summed E-state index contributed by atoms with van der Waals surface area (Å²) in [4.78, 5) is 2.69. The minimum Gasteiger partial charge on any atom is -0.379 e. The van der Waals surface area contributed by atoms with Crippen molar-refractivity contribution in [2.45, 2.75) is 32.4 Å². The first kappa shape index (κ1) is 12.0. The Kier molecular flexibility index (Phi) is 4.78. The number of thiophene rings is 1. The van der Waals surface area contributed by atoms with Gasteiger partial charge in [-0.2, -0.15) is 0 Å². The average Bonchev–Trinajstić information content (AvgIpc) is 2.76. The standard InChI is InChI=1S/C12H20N2OS/c1-15-10-12-6-5-11(16-12)9-13-14-7-3-2-4-8-14/h5-6,13H,2-4,7-10H2,1H3. The first-order valence-corrected chi connectivity index (χ1v) is 6.75. The van der Waals surface area contributed by atoms with Crippen LogP contribution in [0.1, 0.15) is 29.0 Å². The van der Waals surface area contributed by atoms with Gasteiger partial charge in [0, 0.05) is 36.5 Å². The topological polar surface area (TPSA) is 24.5 Å². The molecule has 1 aromatic heterocycles. The molecule has 1 saturated heterocycles. The lowest BCUT2D eigenvalue weighted by Gasteiger charge is -2.26. The fourth-order valence-electron chi connectivity index (χ4n) is 1.98. The van der Waals surface area contributed by atoms with Crippen LogP contribution in [-0.2, 0) is 17.9 Å². The van der Waals surface area contributed by atoms with E-state index in [0.717, 1.165) is 13.2 Å². The molecule has 16 heavy (non-hydrogen) atoms. The van der Waals surface area contributed by atoms with Crippen LogP contribution in [0.5, 0.6) is 0 Å². The molecule has 0 radical (unpaired) electrons. The van der Waals surface area contributed by atoms with Crippen LogP contribution in [0.2, 0.25) is 0 Å². The summed E-state index contributed by atoms with van der Waals surface area (Å²) < 4.78 is 5.12. The van der Waals surface area contributed by atoms with Gasteiger partial charge in [-0.05, 0) is 25.0 Å². The molecule has 0 atom stereocenters. The zero-order chi connectivity index (χ0) is 11.2. The van der Waals surface area contributed by atoms with Crippen molar-refractivity contribution in [2.75, 3.05) is 20.2 Å². The van der Waals surface area contributed by atoms with Crippen LogP contribution in [0.25, 0.3) is 0 Å². The number of piperidine rings is 1. The van der Waals surface area contributed by atoms with Crippen molar-refractivity contribution in [3.8, 4) is 0 Å². The van der Waals surface area contributed by atoms with Gasteiger partial charge in [-0.15, -0.1) is 11.3 Å². The van der Waals surface area contributed by atoms with E-state index >= 15 is 0 Å². The van der Waals surface area contributed by atoms with Crippen molar-refractivity contribution in [1.29, 1.82) is 0 Å². The van der Waals surface area contributed by atoms with Gasteiger partial charge >= 0.3 is 0 Å². The van der Waals surface area contributed by atoms with Gasteiger partial charge in [0.1, 0.15) is 0 Å². The molecular weight excluding hydrogens is 220 g/mol. The first-order valence-electron chi connectivity index (χ1n) is 5.93. The molecule has 0 amide bonds. The molecular formula is C12H20N2OS. The van der Waals surface area contributed by atoms with Crippen molar-refractivity contribution < 1.29 is 4.74 Å². The molecule has 1 aliphatic heterocycles. The number of nitrogens with zero attached hydrogens (tertiary/aromatic N) is 1. The second-order valence-corrected chi connectivity index (χ2v) is 5.44. The van der Waals surface area contributed by atoms with E-state index in [9.17, 15) is 0 Å². The van der Waals surface area contributed by atoms with Crippen LogP contribution in [-0.4, -0.2) is 25.2 Å². The second kappa shape index (κ2) is 6.35. The van der Waals surface area contributed by atoms with Crippen molar-refractivity contribution in [2.24, 2.45) is 0 Å². The summed E-state index contributed by atoms with van der Waals surface area (Å²) in [6.07, 6.45) is 4.04. The Labute approximate surface area is 101 Å². The predicted octanol–water partition coefficient (Wildman–Crippen LogP) is 2.39. The van der Waals surface area contributed by atoms with Crippen LogP contribution < -0.4 is 5.43 Å². The monoisotopic (exact) mass is 240 g/mol. The zero-order valence-electron chi connectivity index (χ0n) is 9.87. The molecule has 0 spiro atoms. The molecule has 3 nitrogen and oxygen atoms in total. The number of rotatable bonds is 5. The molecule has 0 aromatic carbocycles. The molecule has 0 bridgehead atoms. The lowest BCUT2D eigenvalue weighted by Crippen LogP contribution is -2.40. The maximum atomic E-state index is 5.12. The molecule has 0 aliphatic carbocycles. The highest BCUT2D eigenvalue weighted by atomic mass is 32.1. The molecule has 0 saturated carbocycles. The van der Waals surface area contributed by atoms with Gasteiger partial charge in [0.2, 0.25) is 0 Å². The van der Waals surface area contributed by atoms with E-state index in [1.165, 1.54) is 42.1 Å². The smallest absolute Gasteiger partial charge is 0.0805 e. The summed E-state index contributed by atoms with van der Waals surface area (Å²) in [7, 11) is 1.74. The first-order chi connectivity index (χ1) is 7.88. The summed E-state index contributed by atoms with van der Waals surface area (Å²) in [5.74, 6) is 0. The molecule has 1 fully saturated rings. The van der Waals surface area contributed by atoms with Crippen molar-refractivity contribution in [3.05, 3.63) is 21.9 Å². The third-order valence-corrected chi connectivity index (χ3v) is 3.90. The van der Waals surface area contributed by atoms with Gasteiger partial charge in [0.25, 0.3) is 0 Å². The van der Waals surface area contributed by atoms with Gasteiger partial charge in [0.15, 0.2) is 0 Å². The molecule has 4 heteroatoms. The predicted molar refractivity (Wildman–Crippen MR) is 67.3 cm³/mol. The zero-order valence-corrected chi connectivity index (χ0v) is 10.7. The molecule has 1 N–H and O–H groups in total. The van der Waals surface area contributed by atoms with Crippen LogP contribution >= 0.6 is 11.3 Å². The fourth-order valence-corrected chi connectivity index (χ4v) is 2.90. The number of ether oxygens (including phenoxy) is 1. The molecule has 2 rings (SSSR count). The minimum absolute atomic E-state index is 0.731. The maximum absolute atomic E-state index is 5.12. The quantitative estimate of drug-likeness (QED) is 0.855. The molecule has 2 heterocycles. The molecule has 90 valence electrons. The minimum atomic E-state index is 0.731. The Morgan fingerprint density at radius 3 is 2.75 bits per heavy atom. The van der Waals surface area contributed by atoms with E-state index in [1.807, 2.05) is 11.3 Å². The van der Waals surface area contributed by atoms with Gasteiger partial charge in [-0.1, -0.05) is 6.42 Å². The summed E-state index contributed by atoms with van der Waals surface area (Å²) in [5, 5.41) is 2.35. The summed E-state index contributed by atoms with van der Waals surface area (Å²) in [6, 6.07) is 4.34. The summed E-state index contributed by atoms with van der Waals surface area (Å²) in [6.45, 7) is 4.06. The second-order valence-electron chi connectivity index (χ2n) is 4.18. The van der Waals surface area contributed by atoms with E-state index < -0.39 is 0 Å². The number of nitrogens with one attached hydrogen (secondary N) is 1. The maximum Gasteiger partial charge on any atom is 0.0805 e. The Morgan fingerprint density at radius 2 is 2.00 bits per heavy atom. The fraction of sp³-hybridized carbons (Fsp3) is 0.667. The van der Waals surface area contributed by atoms with Gasteiger partial charge in [-0.25, -0.2) is 10.4 Å². The van der Waals surface area contributed by atoms with Gasteiger partial charge < -0.3 is 4.74 Å². The molecule has 0 unspecified atom stereocenters. The average molecular weight is 240 g/mol. The van der Waals surface area contributed by atoms with Crippen LogP contribution in [0.15, 0.2) is 12.1 Å². The molecule has 1 aromatic rings. The Bertz CT molecular complexity index is 308. The number of methoxy groups -OCH3 is 1. The Hall–Kier alpha value is -0.420. The SMILES string of the molecule is COCc1ccc(CNN2CCCCC2)s1. The van der Waals surface area contributed by atoms with E-state index in [1.54, 1.807) is 7.11 Å². The highest BCUT2D eigenvalue weighted by molar-refractivity contribution is 7.11. The summed E-state index contributed by atoms with van der Waals surface area (Å²) in [5.41, 5.74) is 3.50. The Balaban J connectivity index is 1.75.